The molecule has 3 rings (SSSR count). The summed E-state index contributed by atoms with van der Waals surface area (Å²) in [5.74, 6) is -0.432. The molecule has 168 valence electrons. The number of ether oxygens (including phenoxy) is 1. The summed E-state index contributed by atoms with van der Waals surface area (Å²) >= 11 is 0. The van der Waals surface area contributed by atoms with Gasteiger partial charge in [-0.2, -0.15) is 0 Å². The first-order valence-electron chi connectivity index (χ1n) is 9.68. The van der Waals surface area contributed by atoms with E-state index in [1.54, 1.807) is 24.3 Å². The number of aliphatic imine (C=N–C) groups is 1. The summed E-state index contributed by atoms with van der Waals surface area (Å²) in [5.41, 5.74) is -0.872. The summed E-state index contributed by atoms with van der Waals surface area (Å²) in [4.78, 5) is 30.5. The third-order valence-corrected chi connectivity index (χ3v) is 5.18. The summed E-state index contributed by atoms with van der Waals surface area (Å²) in [6.45, 7) is 3.38. The number of H-pyrrole nitrogens is 1. The van der Waals surface area contributed by atoms with Crippen LogP contribution in [-0.2, 0) is 4.74 Å². The lowest BCUT2D eigenvalue weighted by Gasteiger charge is -2.38. The van der Waals surface area contributed by atoms with Crippen molar-refractivity contribution in [1.29, 1.82) is 0 Å². The molecule has 31 heavy (non-hydrogen) atoms. The van der Waals surface area contributed by atoms with E-state index in [0.29, 0.717) is 5.69 Å². The Labute approximate surface area is 176 Å². The van der Waals surface area contributed by atoms with E-state index in [9.17, 15) is 30.0 Å². The number of aromatic amines is 1. The molecule has 1 fully saturated rings. The van der Waals surface area contributed by atoms with Gasteiger partial charge >= 0.3 is 5.69 Å². The highest BCUT2D eigenvalue weighted by Crippen LogP contribution is 2.23. The molecular weight excluding hydrogens is 410 g/mol. The van der Waals surface area contributed by atoms with Crippen molar-refractivity contribution in [2.24, 2.45) is 4.99 Å². The molecule has 6 N–H and O–H groups in total. The van der Waals surface area contributed by atoms with Gasteiger partial charge in [-0.3, -0.25) is 14.8 Å². The second-order valence-electron chi connectivity index (χ2n) is 7.58. The molecular formula is C20H25N3O8. The van der Waals surface area contributed by atoms with Gasteiger partial charge in [-0.05, 0) is 23.6 Å². The van der Waals surface area contributed by atoms with Crippen LogP contribution in [0.3, 0.4) is 0 Å². The number of benzene rings is 1. The zero-order chi connectivity index (χ0) is 22.9. The van der Waals surface area contributed by atoms with Gasteiger partial charge in [-0.1, -0.05) is 26.0 Å². The Kier molecular flexibility index (Phi) is 6.72. The zero-order valence-corrected chi connectivity index (χ0v) is 16.9. The first-order valence-corrected chi connectivity index (χ1v) is 9.68. The highest BCUT2D eigenvalue weighted by Gasteiger charge is 2.43. The topological polar surface area (TPSA) is 178 Å². The van der Waals surface area contributed by atoms with E-state index in [0.717, 1.165) is 16.3 Å². The van der Waals surface area contributed by atoms with Gasteiger partial charge < -0.3 is 30.3 Å². The number of nitrogens with one attached hydrogen (secondary N) is 1. The van der Waals surface area contributed by atoms with Crippen LogP contribution in [0.15, 0.2) is 38.8 Å². The Hall–Kier alpha value is -2.83. The molecule has 1 aliphatic rings. The number of hydrogen-bond donors (Lipinski definition) is 6. The average molecular weight is 435 g/mol. The van der Waals surface area contributed by atoms with Gasteiger partial charge in [-0.25, -0.2) is 9.36 Å². The van der Waals surface area contributed by atoms with Crippen LogP contribution in [0.4, 0.5) is 0 Å². The van der Waals surface area contributed by atoms with Gasteiger partial charge in [-0.15, -0.1) is 0 Å². The molecule has 0 unspecified atom stereocenters. The SMILES string of the molecule is CC(C)c1ccc(-n2c(O)c(C=N[C@H]3[C@@H](O)[C@H](O)[C@@H](CO)O[C@H]3O)c(=O)[nH]c2=O)cc1. The highest BCUT2D eigenvalue weighted by molar-refractivity contribution is 5.82. The van der Waals surface area contributed by atoms with Gasteiger partial charge in [0.25, 0.3) is 5.56 Å². The Balaban J connectivity index is 1.98. The monoisotopic (exact) mass is 435 g/mol. The fraction of sp³-hybridized carbons (Fsp3) is 0.450. The number of aromatic nitrogens is 2. The van der Waals surface area contributed by atoms with Crippen LogP contribution in [0.5, 0.6) is 5.88 Å². The predicted molar refractivity (Wildman–Crippen MR) is 110 cm³/mol. The molecule has 11 nitrogen and oxygen atoms in total. The van der Waals surface area contributed by atoms with Crippen molar-refractivity contribution in [3.63, 3.8) is 0 Å². The van der Waals surface area contributed by atoms with E-state index in [1.807, 2.05) is 13.8 Å². The van der Waals surface area contributed by atoms with Crippen molar-refractivity contribution in [2.45, 2.75) is 50.4 Å². The molecule has 11 heteroatoms. The van der Waals surface area contributed by atoms with Crippen molar-refractivity contribution < 1.29 is 30.3 Å². The molecule has 2 heterocycles. The van der Waals surface area contributed by atoms with Crippen LogP contribution in [0.1, 0.15) is 30.9 Å². The molecule has 0 saturated carbocycles. The second-order valence-corrected chi connectivity index (χ2v) is 7.58. The summed E-state index contributed by atoms with van der Waals surface area (Å²) in [6, 6.07) is 5.40. The van der Waals surface area contributed by atoms with E-state index in [4.69, 9.17) is 9.84 Å². The Morgan fingerprint density at radius 1 is 1.16 bits per heavy atom. The Morgan fingerprint density at radius 3 is 2.39 bits per heavy atom. The maximum atomic E-state index is 12.3. The van der Waals surface area contributed by atoms with Crippen molar-refractivity contribution >= 4 is 6.21 Å². The number of nitrogens with zero attached hydrogens (tertiary/aromatic N) is 2. The van der Waals surface area contributed by atoms with Crippen molar-refractivity contribution in [3.8, 4) is 11.6 Å². The third kappa shape index (κ3) is 4.45. The minimum absolute atomic E-state index is 0.258. The molecule has 1 aliphatic heterocycles. The van der Waals surface area contributed by atoms with E-state index in [-0.39, 0.29) is 5.92 Å². The summed E-state index contributed by atoms with van der Waals surface area (Å²) in [5, 5.41) is 49.8. The standard InChI is InChI=1S/C20H25N3O8/c1-9(2)10-3-5-11(6-4-10)23-18(28)12(17(27)22-20(23)30)7-21-14-16(26)15(25)13(8-24)31-19(14)29/h3-7,9,13-16,19,24-26,28-29H,8H2,1-2H3,(H,22,27,30)/t13-,14+,15-,16-,19-/m1/s1. The maximum absolute atomic E-state index is 12.3. The van der Waals surface area contributed by atoms with Gasteiger partial charge in [0.15, 0.2) is 6.29 Å². The molecule has 0 bridgehead atoms. The largest absolute Gasteiger partial charge is 0.493 e. The normalized spacial score (nSPS) is 26.6. The second kappa shape index (κ2) is 9.12. The number of rotatable bonds is 5. The molecule has 1 saturated heterocycles. The fourth-order valence-electron chi connectivity index (χ4n) is 3.31. The lowest BCUT2D eigenvalue weighted by atomic mass is 9.97. The van der Waals surface area contributed by atoms with E-state index in [1.165, 1.54) is 0 Å². The Morgan fingerprint density at radius 2 is 1.81 bits per heavy atom. The number of aromatic hydroxyl groups is 1. The minimum atomic E-state index is -1.68. The van der Waals surface area contributed by atoms with Crippen molar-refractivity contribution in [3.05, 3.63) is 56.2 Å². The molecule has 1 aromatic carbocycles. The smallest absolute Gasteiger partial charge is 0.335 e. The first kappa shape index (κ1) is 22.8. The van der Waals surface area contributed by atoms with Crippen molar-refractivity contribution in [1.82, 2.24) is 9.55 Å². The summed E-state index contributed by atoms with van der Waals surface area (Å²) in [7, 11) is 0. The van der Waals surface area contributed by atoms with Crippen LogP contribution in [-0.4, -0.2) is 78.5 Å². The fourth-order valence-corrected chi connectivity index (χ4v) is 3.31. The maximum Gasteiger partial charge on any atom is 0.335 e. The van der Waals surface area contributed by atoms with E-state index < -0.39 is 59.9 Å². The van der Waals surface area contributed by atoms with Gasteiger partial charge in [0.05, 0.1) is 12.3 Å². The number of hydrogen-bond acceptors (Lipinski definition) is 9. The van der Waals surface area contributed by atoms with E-state index in [2.05, 4.69) is 9.98 Å². The third-order valence-electron chi connectivity index (χ3n) is 5.18. The molecule has 5 atom stereocenters. The molecule has 0 aliphatic carbocycles. The molecule has 2 aromatic rings. The molecule has 1 aromatic heterocycles. The van der Waals surface area contributed by atoms with E-state index >= 15 is 0 Å². The quantitative estimate of drug-likeness (QED) is 0.310. The number of aliphatic hydroxyl groups excluding tert-OH is 4. The first-order chi connectivity index (χ1) is 14.6. The lowest BCUT2D eigenvalue weighted by Crippen LogP contribution is -2.57. The van der Waals surface area contributed by atoms with Crippen LogP contribution < -0.4 is 11.2 Å². The average Bonchev–Trinajstić information content (AvgIpc) is 2.72. The van der Waals surface area contributed by atoms with Crippen molar-refractivity contribution in [2.75, 3.05) is 6.61 Å². The lowest BCUT2D eigenvalue weighted by molar-refractivity contribution is -0.248. The molecule has 0 radical (unpaired) electrons. The molecule has 0 amide bonds. The van der Waals surface area contributed by atoms with Gasteiger partial charge in [0.1, 0.15) is 29.9 Å². The summed E-state index contributed by atoms with van der Waals surface area (Å²) in [6.07, 6.45) is -5.14. The van der Waals surface area contributed by atoms with Crippen LogP contribution in [0.25, 0.3) is 5.69 Å². The van der Waals surface area contributed by atoms with Crippen LogP contribution in [0, 0.1) is 0 Å². The number of aliphatic hydroxyl groups is 4. The highest BCUT2D eigenvalue weighted by atomic mass is 16.6. The summed E-state index contributed by atoms with van der Waals surface area (Å²) < 4.78 is 5.88. The van der Waals surface area contributed by atoms with Crippen LogP contribution >= 0.6 is 0 Å². The van der Waals surface area contributed by atoms with Gasteiger partial charge in [0.2, 0.25) is 5.88 Å². The van der Waals surface area contributed by atoms with Crippen LogP contribution in [0.2, 0.25) is 0 Å². The Bertz CT molecular complexity index is 1060. The zero-order valence-electron chi connectivity index (χ0n) is 16.9. The predicted octanol–water partition coefficient (Wildman–Crippen LogP) is -1.43. The van der Waals surface area contributed by atoms with Gasteiger partial charge in [0, 0.05) is 6.21 Å². The minimum Gasteiger partial charge on any atom is -0.493 e. The molecule has 0 spiro atoms.